The first-order valence-electron chi connectivity index (χ1n) is 5.07. The fourth-order valence-electron chi connectivity index (χ4n) is 2.22. The summed E-state index contributed by atoms with van der Waals surface area (Å²) < 4.78 is 28.6. The molecule has 2 heterocycles. The monoisotopic (exact) mass is 240 g/mol. The van der Waals surface area contributed by atoms with Crippen molar-refractivity contribution in [2.75, 3.05) is 22.6 Å². The highest BCUT2D eigenvalue weighted by Crippen LogP contribution is 2.38. The molecule has 5 nitrogen and oxygen atoms in total. The average molecular weight is 240 g/mol. The number of fused-ring (bicyclic) bond motifs is 2. The van der Waals surface area contributed by atoms with Crippen LogP contribution < -0.4 is 15.8 Å². The lowest BCUT2D eigenvalue weighted by molar-refractivity contribution is 0.207. The summed E-state index contributed by atoms with van der Waals surface area (Å²) in [6.45, 7) is 0. The van der Waals surface area contributed by atoms with E-state index in [0.717, 1.165) is 5.69 Å². The number of benzene rings is 1. The molecule has 0 spiro atoms. The molecule has 3 N–H and O–H groups in total. The summed E-state index contributed by atoms with van der Waals surface area (Å²) in [7, 11) is -2.99. The Morgan fingerprint density at radius 3 is 3.00 bits per heavy atom. The van der Waals surface area contributed by atoms with Crippen LogP contribution in [-0.4, -0.2) is 32.1 Å². The molecule has 0 bridgehead atoms. The maximum Gasteiger partial charge on any atom is 0.165 e. The summed E-state index contributed by atoms with van der Waals surface area (Å²) >= 11 is 0. The number of nitrogens with two attached hydrogens (primary N) is 1. The number of nitrogen functional groups attached to an aromatic ring is 1. The van der Waals surface area contributed by atoms with E-state index in [-0.39, 0.29) is 23.7 Å². The molecule has 2 atom stereocenters. The lowest BCUT2D eigenvalue weighted by Crippen LogP contribution is -2.40. The van der Waals surface area contributed by atoms with Gasteiger partial charge in [0.25, 0.3) is 0 Å². The SMILES string of the molecule is Nc1cccc2c1OC1CS(=O)(=O)CC1N2. The van der Waals surface area contributed by atoms with Gasteiger partial charge in [-0.25, -0.2) is 8.42 Å². The summed E-state index contributed by atoms with van der Waals surface area (Å²) in [5.74, 6) is 0.769. The van der Waals surface area contributed by atoms with Crippen LogP contribution in [0.25, 0.3) is 0 Å². The molecule has 2 unspecified atom stereocenters. The summed E-state index contributed by atoms with van der Waals surface area (Å²) in [6, 6.07) is 5.24. The normalized spacial score (nSPS) is 29.8. The second-order valence-electron chi connectivity index (χ2n) is 4.21. The van der Waals surface area contributed by atoms with E-state index in [1.807, 2.05) is 12.1 Å². The topological polar surface area (TPSA) is 81.4 Å². The van der Waals surface area contributed by atoms with E-state index in [1.54, 1.807) is 6.07 Å². The van der Waals surface area contributed by atoms with Gasteiger partial charge in [-0.05, 0) is 12.1 Å². The lowest BCUT2D eigenvalue weighted by atomic mass is 10.1. The molecule has 0 amide bonds. The quantitative estimate of drug-likeness (QED) is 0.635. The zero-order valence-electron chi connectivity index (χ0n) is 8.51. The van der Waals surface area contributed by atoms with E-state index in [1.165, 1.54) is 0 Å². The van der Waals surface area contributed by atoms with Crippen molar-refractivity contribution in [3.05, 3.63) is 18.2 Å². The van der Waals surface area contributed by atoms with Gasteiger partial charge in [-0.1, -0.05) is 6.07 Å². The van der Waals surface area contributed by atoms with Crippen LogP contribution in [-0.2, 0) is 9.84 Å². The zero-order chi connectivity index (χ0) is 11.3. The van der Waals surface area contributed by atoms with E-state index in [9.17, 15) is 8.42 Å². The second kappa shape index (κ2) is 3.04. The van der Waals surface area contributed by atoms with Crippen LogP contribution in [0.15, 0.2) is 18.2 Å². The molecule has 0 saturated carbocycles. The van der Waals surface area contributed by atoms with Crippen molar-refractivity contribution >= 4 is 21.2 Å². The minimum atomic E-state index is -2.99. The predicted octanol–water partition coefficient (Wildman–Crippen LogP) is 0.239. The van der Waals surface area contributed by atoms with Crippen LogP contribution in [0.1, 0.15) is 0 Å². The van der Waals surface area contributed by atoms with E-state index >= 15 is 0 Å². The van der Waals surface area contributed by atoms with Crippen LogP contribution in [0.5, 0.6) is 5.75 Å². The number of nitrogens with one attached hydrogen (secondary N) is 1. The fraction of sp³-hybridized carbons (Fsp3) is 0.400. The van der Waals surface area contributed by atoms with Crippen molar-refractivity contribution in [3.63, 3.8) is 0 Å². The highest BCUT2D eigenvalue weighted by Gasteiger charge is 2.42. The molecule has 0 aromatic heterocycles. The van der Waals surface area contributed by atoms with Crippen LogP contribution in [0, 0.1) is 0 Å². The maximum atomic E-state index is 11.5. The molecule has 1 aromatic rings. The van der Waals surface area contributed by atoms with Gasteiger partial charge in [0.15, 0.2) is 15.6 Å². The van der Waals surface area contributed by atoms with E-state index in [0.29, 0.717) is 11.4 Å². The van der Waals surface area contributed by atoms with E-state index in [4.69, 9.17) is 10.5 Å². The van der Waals surface area contributed by atoms with Crippen molar-refractivity contribution in [1.82, 2.24) is 0 Å². The highest BCUT2D eigenvalue weighted by molar-refractivity contribution is 7.91. The van der Waals surface area contributed by atoms with Gasteiger partial charge >= 0.3 is 0 Å². The Labute approximate surface area is 93.5 Å². The first-order valence-corrected chi connectivity index (χ1v) is 6.89. The first kappa shape index (κ1) is 9.77. The molecule has 2 aliphatic heterocycles. The zero-order valence-corrected chi connectivity index (χ0v) is 9.33. The molecule has 86 valence electrons. The molecule has 1 saturated heterocycles. The summed E-state index contributed by atoms with van der Waals surface area (Å²) in [6.07, 6.45) is -0.317. The molecule has 0 aliphatic carbocycles. The van der Waals surface area contributed by atoms with Gasteiger partial charge in [0, 0.05) is 0 Å². The van der Waals surface area contributed by atoms with Crippen molar-refractivity contribution in [1.29, 1.82) is 0 Å². The van der Waals surface area contributed by atoms with Crippen molar-refractivity contribution < 1.29 is 13.2 Å². The standard InChI is InChI=1S/C10H12N2O3S/c11-6-2-1-3-7-10(6)15-9-5-16(13,14)4-8(9)12-7/h1-3,8-9,12H,4-5,11H2. The Hall–Kier alpha value is -1.43. The van der Waals surface area contributed by atoms with Gasteiger partial charge in [0.1, 0.15) is 6.10 Å². The van der Waals surface area contributed by atoms with Crippen molar-refractivity contribution in [2.45, 2.75) is 12.1 Å². The lowest BCUT2D eigenvalue weighted by Gasteiger charge is -2.30. The molecule has 3 rings (SSSR count). The second-order valence-corrected chi connectivity index (χ2v) is 6.36. The highest BCUT2D eigenvalue weighted by atomic mass is 32.2. The first-order chi connectivity index (χ1) is 7.55. The number of anilines is 2. The molecular weight excluding hydrogens is 228 g/mol. The van der Waals surface area contributed by atoms with Gasteiger partial charge < -0.3 is 15.8 Å². The smallest absolute Gasteiger partial charge is 0.165 e. The maximum absolute atomic E-state index is 11.5. The van der Waals surface area contributed by atoms with Gasteiger partial charge in [-0.3, -0.25) is 0 Å². The molecule has 1 fully saturated rings. The summed E-state index contributed by atoms with van der Waals surface area (Å²) in [4.78, 5) is 0. The van der Waals surface area contributed by atoms with Gasteiger partial charge in [0.2, 0.25) is 0 Å². The Morgan fingerprint density at radius 1 is 1.38 bits per heavy atom. The average Bonchev–Trinajstić information content (AvgIpc) is 2.48. The number of hydrogen-bond donors (Lipinski definition) is 2. The molecule has 1 aromatic carbocycles. The Bertz CT molecular complexity index is 541. The number of ether oxygens (including phenoxy) is 1. The minimum absolute atomic E-state index is 0.0679. The van der Waals surface area contributed by atoms with Gasteiger partial charge in [-0.15, -0.1) is 0 Å². The largest absolute Gasteiger partial charge is 0.483 e. The Morgan fingerprint density at radius 2 is 2.19 bits per heavy atom. The molecule has 16 heavy (non-hydrogen) atoms. The summed E-state index contributed by atoms with van der Waals surface area (Å²) in [5, 5.41) is 3.17. The van der Waals surface area contributed by atoms with E-state index < -0.39 is 9.84 Å². The number of sulfone groups is 1. The van der Waals surface area contributed by atoms with E-state index in [2.05, 4.69) is 5.32 Å². The van der Waals surface area contributed by atoms with Gasteiger partial charge in [-0.2, -0.15) is 0 Å². The van der Waals surface area contributed by atoms with Crippen LogP contribution in [0.2, 0.25) is 0 Å². The molecule has 2 aliphatic rings. The third kappa shape index (κ3) is 1.41. The Kier molecular flexibility index (Phi) is 1.85. The van der Waals surface area contributed by atoms with Crippen molar-refractivity contribution in [3.8, 4) is 5.75 Å². The van der Waals surface area contributed by atoms with Crippen LogP contribution >= 0.6 is 0 Å². The van der Waals surface area contributed by atoms with Crippen LogP contribution in [0.3, 0.4) is 0 Å². The molecule has 6 heteroatoms. The molecule has 0 radical (unpaired) electrons. The van der Waals surface area contributed by atoms with Crippen LogP contribution in [0.4, 0.5) is 11.4 Å². The number of hydrogen-bond acceptors (Lipinski definition) is 5. The predicted molar refractivity (Wildman–Crippen MR) is 61.3 cm³/mol. The van der Waals surface area contributed by atoms with Gasteiger partial charge in [0.05, 0.1) is 28.9 Å². The minimum Gasteiger partial charge on any atom is -0.483 e. The third-order valence-corrected chi connectivity index (χ3v) is 4.66. The van der Waals surface area contributed by atoms with Crippen molar-refractivity contribution in [2.24, 2.45) is 0 Å². The number of rotatable bonds is 0. The fourth-order valence-corrected chi connectivity index (χ4v) is 4.00. The molecular formula is C10H12N2O3S. The Balaban J connectivity index is 2.00. The number of para-hydroxylation sites is 1. The summed E-state index contributed by atoms with van der Waals surface area (Å²) in [5.41, 5.74) is 7.09. The third-order valence-electron chi connectivity index (χ3n) is 2.96.